The Kier molecular flexibility index (Phi) is 8.19. The number of aromatic nitrogens is 1. The smallest absolute Gasteiger partial charge is 0.338 e. The topological polar surface area (TPSA) is 119 Å². The number of para-hydroxylation sites is 2. The molecule has 3 heterocycles. The van der Waals surface area contributed by atoms with Crippen LogP contribution in [0.1, 0.15) is 39.3 Å². The van der Waals surface area contributed by atoms with Crippen LogP contribution in [0.15, 0.2) is 75.7 Å². The van der Waals surface area contributed by atoms with Gasteiger partial charge in [-0.05, 0) is 64.2 Å². The highest BCUT2D eigenvalue weighted by Gasteiger charge is 2.39. The number of hydrogen-bond acceptors (Lipinski definition) is 9. The van der Waals surface area contributed by atoms with Crippen LogP contribution >= 0.6 is 23.6 Å². The van der Waals surface area contributed by atoms with Gasteiger partial charge in [-0.2, -0.15) is 0 Å². The van der Waals surface area contributed by atoms with Gasteiger partial charge < -0.3 is 14.8 Å². The minimum Gasteiger partial charge on any atom is -0.491 e. The Morgan fingerprint density at radius 2 is 1.81 bits per heavy atom. The summed E-state index contributed by atoms with van der Waals surface area (Å²) in [7, 11) is 0. The molecule has 1 fully saturated rings. The molecule has 42 heavy (non-hydrogen) atoms. The number of allylic oxidation sites excluding steroid dienone is 1. The number of fused-ring (bicyclic) bond motifs is 1. The molecule has 2 atom stereocenters. The number of anilines is 1. The van der Waals surface area contributed by atoms with Crippen LogP contribution in [-0.4, -0.2) is 40.2 Å². The second-order valence-corrected chi connectivity index (χ2v) is 11.2. The minimum absolute atomic E-state index is 0.0428. The van der Waals surface area contributed by atoms with Gasteiger partial charge in [-0.15, -0.1) is 0 Å². The standard InChI is InChI=1S/C30H28N4O6S2/c1-5-39-28(38)23-17(4)31-30-34(24(23)19-13-9-10-14-21(19)40-16(2)3)27(37)22(42-30)15-20-25(35)32-29(41)33(26(20)36)18-11-7-6-8-12-18/h6-16,20,24H,5H2,1-4H3,(H,32,35,41)/b22-15+/t20-,24+/m1/s1. The van der Waals surface area contributed by atoms with Crippen molar-refractivity contribution in [1.29, 1.82) is 0 Å². The maximum Gasteiger partial charge on any atom is 0.338 e. The van der Waals surface area contributed by atoms with Crippen molar-refractivity contribution in [2.24, 2.45) is 10.9 Å². The number of hydrogen-bond donors (Lipinski definition) is 1. The molecule has 12 heteroatoms. The van der Waals surface area contributed by atoms with Crippen molar-refractivity contribution in [2.75, 3.05) is 11.5 Å². The van der Waals surface area contributed by atoms with Crippen LogP contribution < -0.4 is 29.8 Å². The zero-order valence-corrected chi connectivity index (χ0v) is 25.0. The van der Waals surface area contributed by atoms with Gasteiger partial charge >= 0.3 is 5.97 Å². The van der Waals surface area contributed by atoms with Gasteiger partial charge in [0.05, 0.1) is 34.2 Å². The lowest BCUT2D eigenvalue weighted by Gasteiger charge is -2.31. The Hall–Kier alpha value is -4.42. The van der Waals surface area contributed by atoms with Crippen LogP contribution in [0.25, 0.3) is 6.08 Å². The first-order valence-corrected chi connectivity index (χ1v) is 14.5. The molecular weight excluding hydrogens is 576 g/mol. The molecule has 3 aromatic rings. The van der Waals surface area contributed by atoms with Gasteiger partial charge in [-0.3, -0.25) is 23.9 Å². The van der Waals surface area contributed by atoms with Crippen LogP contribution in [0.4, 0.5) is 5.69 Å². The number of thiocarbonyl (C=S) groups is 1. The Labute approximate surface area is 250 Å². The average molecular weight is 605 g/mol. The number of nitrogens with one attached hydrogen (secondary N) is 1. The minimum atomic E-state index is -1.32. The fourth-order valence-electron chi connectivity index (χ4n) is 4.88. The van der Waals surface area contributed by atoms with E-state index >= 15 is 0 Å². The normalized spacial score (nSPS) is 19.0. The molecule has 2 aliphatic rings. The number of carbonyl (C=O) groups is 3. The molecule has 1 saturated heterocycles. The number of amides is 2. The van der Waals surface area contributed by atoms with Gasteiger partial charge in [0.1, 0.15) is 17.7 Å². The van der Waals surface area contributed by atoms with Crippen molar-refractivity contribution in [1.82, 2.24) is 9.88 Å². The van der Waals surface area contributed by atoms with Crippen molar-refractivity contribution in [3.8, 4) is 5.75 Å². The highest BCUT2D eigenvalue weighted by molar-refractivity contribution is 7.80. The number of esters is 1. The molecule has 0 radical (unpaired) electrons. The summed E-state index contributed by atoms with van der Waals surface area (Å²) in [5.41, 5.74) is 1.13. The van der Waals surface area contributed by atoms with E-state index in [0.29, 0.717) is 27.5 Å². The molecule has 1 N–H and O–H groups in total. The van der Waals surface area contributed by atoms with Gasteiger partial charge in [-0.1, -0.05) is 47.7 Å². The molecule has 2 aromatic carbocycles. The average Bonchev–Trinajstić information content (AvgIpc) is 3.25. The molecule has 0 saturated carbocycles. The number of benzene rings is 2. The van der Waals surface area contributed by atoms with Gasteiger partial charge in [0.2, 0.25) is 11.8 Å². The largest absolute Gasteiger partial charge is 0.491 e. The molecule has 5 rings (SSSR count). The molecule has 0 unspecified atom stereocenters. The van der Waals surface area contributed by atoms with E-state index in [-0.39, 0.29) is 27.9 Å². The van der Waals surface area contributed by atoms with Gasteiger partial charge in [0.15, 0.2) is 9.91 Å². The lowest BCUT2D eigenvalue weighted by Crippen LogP contribution is -2.58. The molecule has 10 nitrogen and oxygen atoms in total. The van der Waals surface area contributed by atoms with E-state index in [0.717, 1.165) is 11.3 Å². The van der Waals surface area contributed by atoms with E-state index in [1.165, 1.54) is 15.5 Å². The van der Waals surface area contributed by atoms with Gasteiger partial charge in [-0.25, -0.2) is 9.79 Å². The fraction of sp³-hybridized carbons (Fsp3) is 0.267. The number of nitrogens with zero attached hydrogens (tertiary/aromatic N) is 3. The maximum absolute atomic E-state index is 14.1. The van der Waals surface area contributed by atoms with Crippen molar-refractivity contribution in [2.45, 2.75) is 39.8 Å². The summed E-state index contributed by atoms with van der Waals surface area (Å²) in [6.45, 7) is 7.28. The second-order valence-electron chi connectivity index (χ2n) is 9.81. The van der Waals surface area contributed by atoms with E-state index in [1.54, 1.807) is 62.4 Å². The second kappa shape index (κ2) is 11.8. The predicted octanol–water partition coefficient (Wildman–Crippen LogP) is 2.60. The molecule has 0 aliphatic carbocycles. The van der Waals surface area contributed by atoms with Gasteiger partial charge in [0.25, 0.3) is 5.56 Å². The summed E-state index contributed by atoms with van der Waals surface area (Å²) < 4.78 is 12.9. The van der Waals surface area contributed by atoms with Crippen LogP contribution in [0.3, 0.4) is 0 Å². The zero-order valence-electron chi connectivity index (χ0n) is 23.3. The third-order valence-electron chi connectivity index (χ3n) is 6.63. The number of rotatable bonds is 7. The van der Waals surface area contributed by atoms with Crippen molar-refractivity contribution >= 4 is 58.2 Å². The summed E-state index contributed by atoms with van der Waals surface area (Å²) >= 11 is 6.30. The van der Waals surface area contributed by atoms with Crippen LogP contribution in [0, 0.1) is 5.92 Å². The van der Waals surface area contributed by atoms with Crippen molar-refractivity contribution in [3.05, 3.63) is 91.1 Å². The van der Waals surface area contributed by atoms with E-state index < -0.39 is 35.3 Å². The quantitative estimate of drug-likeness (QED) is 0.250. The molecule has 0 bridgehead atoms. The Morgan fingerprint density at radius 3 is 2.50 bits per heavy atom. The summed E-state index contributed by atoms with van der Waals surface area (Å²) in [6, 6.07) is 14.9. The highest BCUT2D eigenvalue weighted by Crippen LogP contribution is 2.36. The van der Waals surface area contributed by atoms with Crippen LogP contribution in [-0.2, 0) is 19.1 Å². The Morgan fingerprint density at radius 1 is 1.12 bits per heavy atom. The van der Waals surface area contributed by atoms with Crippen molar-refractivity contribution < 1.29 is 23.9 Å². The molecule has 2 amide bonds. The maximum atomic E-state index is 14.1. The van der Waals surface area contributed by atoms with E-state index in [4.69, 9.17) is 21.7 Å². The highest BCUT2D eigenvalue weighted by atomic mass is 32.1. The fourth-order valence-corrected chi connectivity index (χ4v) is 6.23. The lowest BCUT2D eigenvalue weighted by atomic mass is 9.95. The molecule has 1 aromatic heterocycles. The van der Waals surface area contributed by atoms with E-state index in [1.807, 2.05) is 19.9 Å². The first kappa shape index (κ1) is 29.1. The Bertz CT molecular complexity index is 1810. The Balaban J connectivity index is 1.68. The zero-order chi connectivity index (χ0) is 30.1. The third kappa shape index (κ3) is 5.30. The van der Waals surface area contributed by atoms with Gasteiger partial charge in [0, 0.05) is 5.56 Å². The third-order valence-corrected chi connectivity index (χ3v) is 7.91. The lowest BCUT2D eigenvalue weighted by molar-refractivity contribution is -0.139. The first-order chi connectivity index (χ1) is 20.1. The van der Waals surface area contributed by atoms with E-state index in [9.17, 15) is 19.2 Å². The molecular formula is C30H28N4O6S2. The SMILES string of the molecule is CCOC(=O)C1=C(C)N=c2s/c(=C/[C@@H]3C(=O)NC(=S)N(c4ccccc4)C3=O)c(=O)n2[C@H]1c1ccccc1OC(C)C. The number of ether oxygens (including phenoxy) is 2. The summed E-state index contributed by atoms with van der Waals surface area (Å²) in [4.78, 5) is 59.9. The predicted molar refractivity (Wildman–Crippen MR) is 162 cm³/mol. The first-order valence-electron chi connectivity index (χ1n) is 13.3. The number of thiazole rings is 1. The van der Waals surface area contributed by atoms with E-state index in [2.05, 4.69) is 10.3 Å². The van der Waals surface area contributed by atoms with Crippen LogP contribution in [0.5, 0.6) is 5.75 Å². The molecule has 0 spiro atoms. The molecule has 2 aliphatic heterocycles. The summed E-state index contributed by atoms with van der Waals surface area (Å²) in [6.07, 6.45) is 1.16. The number of carbonyl (C=O) groups excluding carboxylic acids is 3. The van der Waals surface area contributed by atoms with Crippen LogP contribution in [0.2, 0.25) is 0 Å². The monoisotopic (exact) mass is 604 g/mol. The summed E-state index contributed by atoms with van der Waals surface area (Å²) in [5, 5.41) is 2.52. The molecule has 216 valence electrons. The van der Waals surface area contributed by atoms with Crippen molar-refractivity contribution in [3.63, 3.8) is 0 Å². The summed E-state index contributed by atoms with van der Waals surface area (Å²) in [5.74, 6) is -2.65.